The van der Waals surface area contributed by atoms with Crippen LogP contribution in [-0.2, 0) is 22.0 Å². The van der Waals surface area contributed by atoms with E-state index in [9.17, 15) is 4.79 Å². The van der Waals surface area contributed by atoms with Crippen molar-refractivity contribution in [3.63, 3.8) is 0 Å². The van der Waals surface area contributed by atoms with Gasteiger partial charge in [0.05, 0.1) is 19.1 Å². The van der Waals surface area contributed by atoms with Crippen molar-refractivity contribution in [1.82, 2.24) is 15.4 Å². The van der Waals surface area contributed by atoms with Crippen LogP contribution in [0.3, 0.4) is 0 Å². The number of rotatable bonds is 4. The van der Waals surface area contributed by atoms with Gasteiger partial charge in [0, 0.05) is 16.7 Å². The number of H-pyrrole nitrogens is 1. The maximum atomic E-state index is 11.9. The van der Waals surface area contributed by atoms with E-state index in [1.165, 1.54) is 0 Å². The van der Waals surface area contributed by atoms with Gasteiger partial charge in [-0.2, -0.15) is 10.3 Å². The summed E-state index contributed by atoms with van der Waals surface area (Å²) in [6, 6.07) is 3.68. The van der Waals surface area contributed by atoms with Gasteiger partial charge in [-0.15, -0.1) is 16.7 Å². The van der Waals surface area contributed by atoms with Crippen LogP contribution in [0.5, 0.6) is 5.75 Å². The third-order valence-electron chi connectivity index (χ3n) is 3.22. The molecule has 0 spiro atoms. The molecule has 0 bridgehead atoms. The molecular weight excluding hydrogens is 310 g/mol. The molecule has 1 N–H and O–H groups in total. The third-order valence-corrected chi connectivity index (χ3v) is 3.51. The van der Waals surface area contributed by atoms with E-state index in [-0.39, 0.29) is 25.0 Å². The number of carbonyl (C=O) groups excluding carboxylic acids is 1. The number of hydrogen-bond donors (Lipinski definition) is 1. The zero-order chi connectivity index (χ0) is 15.5. The highest BCUT2D eigenvalue weighted by Crippen LogP contribution is 2.34. The Bertz CT molecular complexity index is 684. The fourth-order valence-electron chi connectivity index (χ4n) is 2.31. The van der Waals surface area contributed by atoms with Crippen LogP contribution < -0.4 is 4.74 Å². The lowest BCUT2D eigenvalue weighted by Gasteiger charge is -2.21. The molecule has 1 aliphatic heterocycles. The Morgan fingerprint density at radius 2 is 2.32 bits per heavy atom. The summed E-state index contributed by atoms with van der Waals surface area (Å²) < 4.78 is 15.8. The fourth-order valence-corrected chi connectivity index (χ4v) is 2.51. The van der Waals surface area contributed by atoms with Crippen molar-refractivity contribution in [2.75, 3.05) is 13.4 Å². The van der Waals surface area contributed by atoms with Crippen molar-refractivity contribution in [2.45, 2.75) is 19.4 Å². The van der Waals surface area contributed by atoms with E-state index in [1.54, 1.807) is 6.92 Å². The lowest BCUT2D eigenvalue weighted by molar-refractivity contribution is -0.0168. The number of aromatic nitrogens is 3. The van der Waals surface area contributed by atoms with Crippen molar-refractivity contribution in [1.29, 1.82) is 0 Å². The van der Waals surface area contributed by atoms with Gasteiger partial charge in [-0.1, -0.05) is 0 Å². The van der Waals surface area contributed by atoms with E-state index >= 15 is 0 Å². The monoisotopic (exact) mass is 323 g/mol. The second-order valence-electron chi connectivity index (χ2n) is 4.61. The molecular formula is C14H14ClN3O4. The summed E-state index contributed by atoms with van der Waals surface area (Å²) in [4.78, 5) is 11.9. The van der Waals surface area contributed by atoms with E-state index in [1.807, 2.05) is 12.1 Å². The Labute approximate surface area is 131 Å². The Hall–Kier alpha value is -2.12. The summed E-state index contributed by atoms with van der Waals surface area (Å²) in [5.74, 6) is 0.484. The van der Waals surface area contributed by atoms with Gasteiger partial charge in [0.15, 0.2) is 12.5 Å². The molecule has 116 valence electrons. The number of aromatic amines is 1. The topological polar surface area (TPSA) is 86.3 Å². The number of alkyl halides is 1. The molecule has 7 nitrogen and oxygen atoms in total. The van der Waals surface area contributed by atoms with E-state index < -0.39 is 5.97 Å². The highest BCUT2D eigenvalue weighted by Gasteiger charge is 2.22. The van der Waals surface area contributed by atoms with Crippen molar-refractivity contribution in [2.24, 2.45) is 0 Å². The van der Waals surface area contributed by atoms with Crippen LogP contribution in [0, 0.1) is 0 Å². The van der Waals surface area contributed by atoms with Crippen LogP contribution in [0.4, 0.5) is 0 Å². The van der Waals surface area contributed by atoms with Crippen LogP contribution >= 0.6 is 11.6 Å². The Morgan fingerprint density at radius 1 is 1.45 bits per heavy atom. The van der Waals surface area contributed by atoms with Gasteiger partial charge in [-0.3, -0.25) is 0 Å². The minimum absolute atomic E-state index is 0.139. The molecule has 22 heavy (non-hydrogen) atoms. The molecule has 3 rings (SSSR count). The average molecular weight is 324 g/mol. The number of halogens is 1. The summed E-state index contributed by atoms with van der Waals surface area (Å²) in [6.45, 7) is 2.62. The molecule has 0 amide bonds. The molecule has 0 saturated heterocycles. The lowest BCUT2D eigenvalue weighted by atomic mass is 10.0. The van der Waals surface area contributed by atoms with Gasteiger partial charge in [0.25, 0.3) is 0 Å². The molecule has 0 atom stereocenters. The number of carbonyl (C=O) groups is 1. The molecule has 0 aliphatic carbocycles. The van der Waals surface area contributed by atoms with E-state index in [4.69, 9.17) is 25.8 Å². The smallest absolute Gasteiger partial charge is 0.361 e. The predicted molar refractivity (Wildman–Crippen MR) is 77.6 cm³/mol. The molecule has 0 unspecified atom stereocenters. The first-order chi connectivity index (χ1) is 10.7. The highest BCUT2D eigenvalue weighted by atomic mass is 35.5. The third kappa shape index (κ3) is 2.65. The summed E-state index contributed by atoms with van der Waals surface area (Å²) in [7, 11) is 0. The standard InChI is InChI=1S/C14H14ClN3O4/c1-2-21-14(19)12-11(16-18-17-12)8-3-9(5-15)13-10(4-8)6-20-7-22-13/h3-4H,2,5-7H2,1H3,(H,16,17,18). The van der Waals surface area contributed by atoms with Crippen molar-refractivity contribution < 1.29 is 19.0 Å². The summed E-state index contributed by atoms with van der Waals surface area (Å²) >= 11 is 5.99. The molecule has 0 radical (unpaired) electrons. The number of ether oxygens (including phenoxy) is 3. The van der Waals surface area contributed by atoms with E-state index in [0.717, 1.165) is 16.9 Å². The van der Waals surface area contributed by atoms with Gasteiger partial charge < -0.3 is 14.2 Å². The zero-order valence-corrected chi connectivity index (χ0v) is 12.6. The maximum Gasteiger partial charge on any atom is 0.361 e. The van der Waals surface area contributed by atoms with Gasteiger partial charge in [0.2, 0.25) is 0 Å². The summed E-state index contributed by atoms with van der Waals surface area (Å²) in [5.41, 5.74) is 2.94. The van der Waals surface area contributed by atoms with Crippen molar-refractivity contribution >= 4 is 17.6 Å². The van der Waals surface area contributed by atoms with Crippen LogP contribution in [0.1, 0.15) is 28.5 Å². The predicted octanol–water partition coefficient (Wildman–Crippen LogP) is 2.25. The van der Waals surface area contributed by atoms with Crippen LogP contribution in [0.2, 0.25) is 0 Å². The van der Waals surface area contributed by atoms with Crippen molar-refractivity contribution in [3.05, 3.63) is 29.0 Å². The van der Waals surface area contributed by atoms with Gasteiger partial charge in [-0.05, 0) is 19.1 Å². The molecule has 0 fully saturated rings. The Balaban J connectivity index is 2.06. The number of fused-ring (bicyclic) bond motifs is 1. The second kappa shape index (κ2) is 6.33. The largest absolute Gasteiger partial charge is 0.467 e. The highest BCUT2D eigenvalue weighted by molar-refractivity contribution is 6.17. The van der Waals surface area contributed by atoms with Crippen LogP contribution in [0.25, 0.3) is 11.3 Å². The maximum absolute atomic E-state index is 11.9. The molecule has 2 heterocycles. The van der Waals surface area contributed by atoms with Crippen molar-refractivity contribution in [3.8, 4) is 17.0 Å². The van der Waals surface area contributed by atoms with E-state index in [0.29, 0.717) is 17.9 Å². The first kappa shape index (κ1) is 14.8. The first-order valence-electron chi connectivity index (χ1n) is 6.75. The lowest BCUT2D eigenvalue weighted by Crippen LogP contribution is -2.13. The first-order valence-corrected chi connectivity index (χ1v) is 7.28. The van der Waals surface area contributed by atoms with E-state index in [2.05, 4.69) is 15.4 Å². The molecule has 8 heteroatoms. The molecule has 1 aromatic carbocycles. The molecule has 0 saturated carbocycles. The molecule has 1 aliphatic rings. The van der Waals surface area contributed by atoms with Gasteiger partial charge in [-0.25, -0.2) is 4.79 Å². The summed E-state index contributed by atoms with van der Waals surface area (Å²) in [5, 5.41) is 10.4. The Morgan fingerprint density at radius 3 is 3.09 bits per heavy atom. The minimum atomic E-state index is -0.524. The normalized spacial score (nSPS) is 13.4. The quantitative estimate of drug-likeness (QED) is 0.686. The molecule has 1 aromatic heterocycles. The number of nitrogens with one attached hydrogen (secondary N) is 1. The number of esters is 1. The SMILES string of the molecule is CCOC(=O)c1n[nH]nc1-c1cc(CCl)c2c(c1)COCO2. The zero-order valence-electron chi connectivity index (χ0n) is 11.9. The Kier molecular flexibility index (Phi) is 4.26. The number of hydrogen-bond acceptors (Lipinski definition) is 6. The van der Waals surface area contributed by atoms with Crippen LogP contribution in [0.15, 0.2) is 12.1 Å². The molecule has 2 aromatic rings. The number of benzene rings is 1. The number of nitrogens with zero attached hydrogens (tertiary/aromatic N) is 2. The average Bonchev–Trinajstić information content (AvgIpc) is 3.03. The second-order valence-corrected chi connectivity index (χ2v) is 4.88. The summed E-state index contributed by atoms with van der Waals surface area (Å²) in [6.07, 6.45) is 0. The fraction of sp³-hybridized carbons (Fsp3) is 0.357. The minimum Gasteiger partial charge on any atom is -0.467 e. The van der Waals surface area contributed by atoms with Gasteiger partial charge >= 0.3 is 5.97 Å². The van der Waals surface area contributed by atoms with Crippen LogP contribution in [-0.4, -0.2) is 34.8 Å². The van der Waals surface area contributed by atoms with Gasteiger partial charge in [0.1, 0.15) is 11.4 Å².